The molecule has 2 unspecified atom stereocenters. The average Bonchev–Trinajstić information content (AvgIpc) is 3.01. The van der Waals surface area contributed by atoms with Crippen LogP contribution in [0.15, 0.2) is 24.4 Å². The Labute approximate surface area is 172 Å². The van der Waals surface area contributed by atoms with E-state index in [4.69, 9.17) is 9.47 Å². The molecule has 0 aliphatic carbocycles. The molecule has 2 aromatic rings. The Morgan fingerprint density at radius 1 is 1.24 bits per heavy atom. The Hall–Kier alpha value is -2.34. The molecule has 0 N–H and O–H groups in total. The standard InChI is InChI=1S/C23H31N3O3/c1-5-29-23(27)20-13-24-21-9-8-18(28-4)12-19(21)22(20)25-11-10-16-6-7-17(14-25)26(16)15(2)3/h8-9,12-13,15-17H,5-7,10-11,14H2,1-4H3. The molecule has 2 atom stereocenters. The van der Waals surface area contributed by atoms with Gasteiger partial charge in [0.2, 0.25) is 0 Å². The fourth-order valence-electron chi connectivity index (χ4n) is 5.14. The fraction of sp³-hybridized carbons (Fsp3) is 0.565. The van der Waals surface area contributed by atoms with Gasteiger partial charge in [0.05, 0.1) is 24.9 Å². The monoisotopic (exact) mass is 397 g/mol. The number of rotatable bonds is 5. The lowest BCUT2D eigenvalue weighted by molar-refractivity contribution is 0.0526. The van der Waals surface area contributed by atoms with Crippen LogP contribution in [0.1, 0.15) is 50.4 Å². The Morgan fingerprint density at radius 2 is 2.03 bits per heavy atom. The van der Waals surface area contributed by atoms with Crippen LogP contribution in [0.5, 0.6) is 5.75 Å². The van der Waals surface area contributed by atoms with Gasteiger partial charge >= 0.3 is 5.97 Å². The predicted molar refractivity (Wildman–Crippen MR) is 115 cm³/mol. The number of ether oxygens (including phenoxy) is 2. The van der Waals surface area contributed by atoms with E-state index in [1.807, 2.05) is 25.1 Å². The van der Waals surface area contributed by atoms with Crippen molar-refractivity contribution >= 4 is 22.6 Å². The Bertz CT molecular complexity index is 898. The molecule has 29 heavy (non-hydrogen) atoms. The van der Waals surface area contributed by atoms with Gasteiger partial charge in [0.25, 0.3) is 0 Å². The highest BCUT2D eigenvalue weighted by Crippen LogP contribution is 2.38. The first kappa shape index (κ1) is 20.0. The molecule has 6 heteroatoms. The first-order valence-corrected chi connectivity index (χ1v) is 10.7. The highest BCUT2D eigenvalue weighted by Gasteiger charge is 2.39. The van der Waals surface area contributed by atoms with Crippen LogP contribution in [0.4, 0.5) is 5.69 Å². The number of esters is 1. The summed E-state index contributed by atoms with van der Waals surface area (Å²) in [5.41, 5.74) is 2.34. The third-order valence-corrected chi connectivity index (χ3v) is 6.29. The number of carbonyl (C=O) groups excluding carboxylic acids is 1. The number of anilines is 1. The van der Waals surface area contributed by atoms with Gasteiger partial charge in [-0.1, -0.05) is 0 Å². The van der Waals surface area contributed by atoms with E-state index in [2.05, 4.69) is 28.6 Å². The van der Waals surface area contributed by atoms with Crippen molar-refractivity contribution in [3.05, 3.63) is 30.0 Å². The number of carbonyl (C=O) groups is 1. The van der Waals surface area contributed by atoms with Gasteiger partial charge in [0.1, 0.15) is 11.3 Å². The van der Waals surface area contributed by atoms with E-state index in [0.717, 1.165) is 41.9 Å². The van der Waals surface area contributed by atoms with Gasteiger partial charge in [-0.05, 0) is 58.2 Å². The van der Waals surface area contributed by atoms with Crippen LogP contribution in [0, 0.1) is 0 Å². The summed E-state index contributed by atoms with van der Waals surface area (Å²) in [4.78, 5) is 22.4. The van der Waals surface area contributed by atoms with Crippen LogP contribution in [0.25, 0.3) is 10.9 Å². The summed E-state index contributed by atoms with van der Waals surface area (Å²) in [5, 5.41) is 0.948. The van der Waals surface area contributed by atoms with Crippen molar-refractivity contribution in [2.24, 2.45) is 0 Å². The zero-order chi connectivity index (χ0) is 20.5. The van der Waals surface area contributed by atoms with E-state index >= 15 is 0 Å². The third-order valence-electron chi connectivity index (χ3n) is 6.29. The van der Waals surface area contributed by atoms with Gasteiger partial charge in [-0.3, -0.25) is 9.88 Å². The molecule has 0 amide bonds. The average molecular weight is 398 g/mol. The molecule has 1 aromatic carbocycles. The van der Waals surface area contributed by atoms with Crippen molar-refractivity contribution in [3.63, 3.8) is 0 Å². The van der Waals surface area contributed by atoms with Crippen LogP contribution in [-0.4, -0.2) is 60.8 Å². The van der Waals surface area contributed by atoms with Gasteiger partial charge in [-0.15, -0.1) is 0 Å². The van der Waals surface area contributed by atoms with Crippen LogP contribution in [0.3, 0.4) is 0 Å². The van der Waals surface area contributed by atoms with E-state index in [1.165, 1.54) is 12.8 Å². The summed E-state index contributed by atoms with van der Waals surface area (Å²) < 4.78 is 10.8. The van der Waals surface area contributed by atoms with Crippen LogP contribution in [-0.2, 0) is 4.74 Å². The first-order valence-electron chi connectivity index (χ1n) is 10.7. The quantitative estimate of drug-likeness (QED) is 0.714. The topological polar surface area (TPSA) is 54.9 Å². The second-order valence-corrected chi connectivity index (χ2v) is 8.28. The van der Waals surface area contributed by atoms with Crippen molar-refractivity contribution in [1.29, 1.82) is 0 Å². The predicted octanol–water partition coefficient (Wildman–Crippen LogP) is 3.87. The largest absolute Gasteiger partial charge is 0.497 e. The second kappa shape index (κ2) is 8.19. The van der Waals surface area contributed by atoms with Crippen molar-refractivity contribution in [1.82, 2.24) is 9.88 Å². The molecule has 2 fully saturated rings. The van der Waals surface area contributed by atoms with Crippen molar-refractivity contribution in [3.8, 4) is 5.75 Å². The van der Waals surface area contributed by atoms with Gasteiger partial charge in [-0.25, -0.2) is 4.79 Å². The molecular weight excluding hydrogens is 366 g/mol. The van der Waals surface area contributed by atoms with Gasteiger partial charge in [0.15, 0.2) is 0 Å². The lowest BCUT2D eigenvalue weighted by atomic mass is 10.0. The molecule has 0 spiro atoms. The molecule has 2 saturated heterocycles. The zero-order valence-corrected chi connectivity index (χ0v) is 17.9. The third kappa shape index (κ3) is 3.66. The van der Waals surface area contributed by atoms with Crippen LogP contribution in [0.2, 0.25) is 0 Å². The van der Waals surface area contributed by atoms with Crippen molar-refractivity contribution < 1.29 is 14.3 Å². The van der Waals surface area contributed by atoms with Crippen LogP contribution >= 0.6 is 0 Å². The Morgan fingerprint density at radius 3 is 2.76 bits per heavy atom. The van der Waals surface area contributed by atoms with Crippen LogP contribution < -0.4 is 9.64 Å². The molecule has 2 bridgehead atoms. The van der Waals surface area contributed by atoms with E-state index in [9.17, 15) is 4.79 Å². The lowest BCUT2D eigenvalue weighted by Gasteiger charge is -2.33. The van der Waals surface area contributed by atoms with Gasteiger partial charge in [-0.2, -0.15) is 0 Å². The normalized spacial score (nSPS) is 22.2. The summed E-state index contributed by atoms with van der Waals surface area (Å²) in [6.45, 7) is 8.60. The number of hydrogen-bond acceptors (Lipinski definition) is 6. The smallest absolute Gasteiger partial charge is 0.341 e. The highest BCUT2D eigenvalue weighted by atomic mass is 16.5. The van der Waals surface area contributed by atoms with Gasteiger partial charge < -0.3 is 14.4 Å². The minimum absolute atomic E-state index is 0.310. The molecule has 6 nitrogen and oxygen atoms in total. The lowest BCUT2D eigenvalue weighted by Crippen LogP contribution is -2.43. The molecule has 2 aliphatic heterocycles. The van der Waals surface area contributed by atoms with E-state index < -0.39 is 0 Å². The number of fused-ring (bicyclic) bond motifs is 3. The SMILES string of the molecule is CCOC(=O)c1cnc2ccc(OC)cc2c1N1CCC2CCC(C1)N2C(C)C. The van der Waals surface area contributed by atoms with E-state index in [0.29, 0.717) is 30.3 Å². The number of pyridine rings is 1. The number of methoxy groups -OCH3 is 1. The van der Waals surface area contributed by atoms with Crippen molar-refractivity contribution in [2.45, 2.75) is 58.2 Å². The molecule has 3 heterocycles. The molecule has 0 radical (unpaired) electrons. The van der Waals surface area contributed by atoms with Gasteiger partial charge in [0, 0.05) is 42.8 Å². The molecule has 156 valence electrons. The number of benzene rings is 1. The number of nitrogens with zero attached hydrogens (tertiary/aromatic N) is 3. The summed E-state index contributed by atoms with van der Waals surface area (Å²) in [6, 6.07) is 7.52. The van der Waals surface area contributed by atoms with E-state index in [-0.39, 0.29) is 5.97 Å². The summed E-state index contributed by atoms with van der Waals surface area (Å²) in [6.07, 6.45) is 5.25. The maximum Gasteiger partial charge on any atom is 0.341 e. The van der Waals surface area contributed by atoms with Crippen molar-refractivity contribution in [2.75, 3.05) is 31.7 Å². The summed E-state index contributed by atoms with van der Waals surface area (Å²) >= 11 is 0. The summed E-state index contributed by atoms with van der Waals surface area (Å²) in [7, 11) is 1.66. The molecule has 2 aliphatic rings. The highest BCUT2D eigenvalue weighted by molar-refractivity contribution is 6.05. The molecule has 1 aromatic heterocycles. The Balaban J connectivity index is 1.82. The first-order chi connectivity index (χ1) is 14.0. The molecule has 0 saturated carbocycles. The second-order valence-electron chi connectivity index (χ2n) is 8.28. The maximum absolute atomic E-state index is 12.8. The fourth-order valence-corrected chi connectivity index (χ4v) is 5.14. The van der Waals surface area contributed by atoms with E-state index in [1.54, 1.807) is 13.3 Å². The molecule has 4 rings (SSSR count). The minimum atomic E-state index is -0.310. The maximum atomic E-state index is 12.8. The number of aromatic nitrogens is 1. The molecular formula is C23H31N3O3. The number of hydrogen-bond donors (Lipinski definition) is 0. The summed E-state index contributed by atoms with van der Waals surface area (Å²) in [5.74, 6) is 0.455. The minimum Gasteiger partial charge on any atom is -0.497 e. The zero-order valence-electron chi connectivity index (χ0n) is 17.9. The Kier molecular flexibility index (Phi) is 5.63.